The van der Waals surface area contributed by atoms with Crippen molar-refractivity contribution in [3.63, 3.8) is 0 Å². The van der Waals surface area contributed by atoms with Crippen LogP contribution in [0.15, 0.2) is 61.3 Å². The molecule has 0 spiro atoms. The van der Waals surface area contributed by atoms with Gasteiger partial charge >= 0.3 is 0 Å². The Bertz CT molecular complexity index is 967. The molecule has 3 aromatic rings. The molecule has 5 rings (SSSR count). The van der Waals surface area contributed by atoms with Crippen LogP contribution in [0.25, 0.3) is 5.95 Å². The van der Waals surface area contributed by atoms with Gasteiger partial charge in [-0.15, -0.1) is 0 Å². The summed E-state index contributed by atoms with van der Waals surface area (Å²) < 4.78 is 2.12. The van der Waals surface area contributed by atoms with Crippen molar-refractivity contribution in [1.29, 1.82) is 0 Å². The Morgan fingerprint density at radius 3 is 2.58 bits per heavy atom. The van der Waals surface area contributed by atoms with Gasteiger partial charge < -0.3 is 4.90 Å². The predicted molar refractivity (Wildman–Crippen MR) is 131 cm³/mol. The number of pyridine rings is 1. The average molecular weight is 445 g/mol. The molecule has 1 unspecified atom stereocenters. The molecule has 33 heavy (non-hydrogen) atoms. The van der Waals surface area contributed by atoms with Crippen LogP contribution in [-0.2, 0) is 13.1 Å². The van der Waals surface area contributed by atoms with Crippen molar-refractivity contribution in [2.45, 2.75) is 64.1 Å². The van der Waals surface area contributed by atoms with Crippen LogP contribution in [0.5, 0.6) is 0 Å². The molecule has 4 heterocycles. The summed E-state index contributed by atoms with van der Waals surface area (Å²) in [5.41, 5.74) is 2.50. The normalized spacial score (nSPS) is 20.3. The molecule has 2 aliphatic rings. The number of rotatable bonds is 8. The molecule has 1 atom stereocenters. The van der Waals surface area contributed by atoms with E-state index >= 15 is 0 Å². The van der Waals surface area contributed by atoms with Gasteiger partial charge in [0.25, 0.3) is 0 Å². The topological polar surface area (TPSA) is 50.1 Å². The Morgan fingerprint density at radius 1 is 0.879 bits per heavy atom. The van der Waals surface area contributed by atoms with Crippen molar-refractivity contribution in [2.24, 2.45) is 5.92 Å². The van der Waals surface area contributed by atoms with Gasteiger partial charge in [0.2, 0.25) is 5.95 Å². The van der Waals surface area contributed by atoms with E-state index in [-0.39, 0.29) is 0 Å². The van der Waals surface area contributed by atoms with Crippen LogP contribution in [0.2, 0.25) is 0 Å². The van der Waals surface area contributed by atoms with Crippen LogP contribution in [-0.4, -0.2) is 55.0 Å². The Labute approximate surface area is 197 Å². The van der Waals surface area contributed by atoms with Crippen LogP contribution in [0, 0.1) is 5.92 Å². The van der Waals surface area contributed by atoms with E-state index in [9.17, 15) is 0 Å². The zero-order chi connectivity index (χ0) is 22.3. The second-order valence-corrected chi connectivity index (χ2v) is 9.74. The molecule has 0 bridgehead atoms. The van der Waals surface area contributed by atoms with Gasteiger partial charge in [0, 0.05) is 68.9 Å². The second-order valence-electron chi connectivity index (χ2n) is 9.74. The zero-order valence-electron chi connectivity index (χ0n) is 19.6. The van der Waals surface area contributed by atoms with Crippen molar-refractivity contribution in [3.05, 3.63) is 72.6 Å². The van der Waals surface area contributed by atoms with Gasteiger partial charge in [-0.2, -0.15) is 0 Å². The molecule has 6 nitrogen and oxygen atoms in total. The van der Waals surface area contributed by atoms with Crippen LogP contribution < -0.4 is 0 Å². The van der Waals surface area contributed by atoms with Gasteiger partial charge in [0.05, 0.1) is 0 Å². The molecule has 174 valence electrons. The molecule has 1 saturated heterocycles. The minimum Gasteiger partial charge on any atom is -0.300 e. The van der Waals surface area contributed by atoms with E-state index in [2.05, 4.69) is 53.7 Å². The summed E-state index contributed by atoms with van der Waals surface area (Å²) in [5, 5.41) is 0. The molecule has 2 fully saturated rings. The lowest BCUT2D eigenvalue weighted by Gasteiger charge is -2.41. The molecule has 0 radical (unpaired) electrons. The van der Waals surface area contributed by atoms with Crippen LogP contribution in [0.1, 0.15) is 56.2 Å². The predicted octanol–water partition coefficient (Wildman–Crippen LogP) is 4.71. The Morgan fingerprint density at radius 2 is 1.76 bits per heavy atom. The lowest BCUT2D eigenvalue weighted by atomic mass is 9.90. The minimum atomic E-state index is 0.716. The fourth-order valence-electron chi connectivity index (χ4n) is 5.71. The largest absolute Gasteiger partial charge is 0.300 e. The van der Waals surface area contributed by atoms with E-state index in [0.29, 0.717) is 5.92 Å². The maximum atomic E-state index is 4.47. The molecule has 0 N–H and O–H groups in total. The van der Waals surface area contributed by atoms with Gasteiger partial charge in [0.1, 0.15) is 0 Å². The van der Waals surface area contributed by atoms with Crippen LogP contribution in [0.4, 0.5) is 0 Å². The van der Waals surface area contributed by atoms with Gasteiger partial charge in [0.15, 0.2) is 0 Å². The first kappa shape index (κ1) is 22.2. The van der Waals surface area contributed by atoms with E-state index in [1.54, 1.807) is 12.4 Å². The van der Waals surface area contributed by atoms with Gasteiger partial charge in [-0.1, -0.05) is 25.3 Å². The Balaban J connectivity index is 1.31. The quantitative estimate of drug-likeness (QED) is 0.504. The average Bonchev–Trinajstić information content (AvgIpc) is 3.34. The third-order valence-corrected chi connectivity index (χ3v) is 7.27. The molecule has 0 aromatic carbocycles. The summed E-state index contributed by atoms with van der Waals surface area (Å²) in [5.74, 6) is 1.45. The number of piperidine rings is 1. The smallest absolute Gasteiger partial charge is 0.233 e. The fraction of sp³-hybridized carbons (Fsp3) is 0.519. The molecule has 3 aromatic heterocycles. The van der Waals surface area contributed by atoms with E-state index in [0.717, 1.165) is 31.6 Å². The maximum absolute atomic E-state index is 4.47. The second kappa shape index (κ2) is 11.0. The van der Waals surface area contributed by atoms with Gasteiger partial charge in [-0.3, -0.25) is 14.5 Å². The van der Waals surface area contributed by atoms with Crippen molar-refractivity contribution >= 4 is 0 Å². The van der Waals surface area contributed by atoms with Crippen molar-refractivity contribution in [1.82, 2.24) is 29.3 Å². The summed E-state index contributed by atoms with van der Waals surface area (Å²) in [7, 11) is 0. The lowest BCUT2D eigenvalue weighted by Crippen LogP contribution is -2.46. The molecule has 6 heteroatoms. The minimum absolute atomic E-state index is 0.716. The number of aromatic nitrogens is 4. The van der Waals surface area contributed by atoms with Crippen molar-refractivity contribution in [2.75, 3.05) is 19.6 Å². The highest BCUT2D eigenvalue weighted by Crippen LogP contribution is 2.28. The highest BCUT2D eigenvalue weighted by atomic mass is 15.2. The molecule has 1 saturated carbocycles. The number of likely N-dealkylation sites (tertiary alicyclic amines) is 1. The Hall–Kier alpha value is -2.57. The number of hydrogen-bond acceptors (Lipinski definition) is 5. The van der Waals surface area contributed by atoms with Crippen molar-refractivity contribution < 1.29 is 0 Å². The SMILES string of the molecule is c1cnc(-n2cccc2CN(Cc2cccnc2)CC2CCCN(C3CCCCC3)C2)nc1. The highest BCUT2D eigenvalue weighted by Gasteiger charge is 2.28. The zero-order valence-corrected chi connectivity index (χ0v) is 19.6. The van der Waals surface area contributed by atoms with Crippen LogP contribution in [0.3, 0.4) is 0 Å². The summed E-state index contributed by atoms with van der Waals surface area (Å²) in [4.78, 5) is 18.7. The summed E-state index contributed by atoms with van der Waals surface area (Å²) >= 11 is 0. The maximum Gasteiger partial charge on any atom is 0.233 e. The first-order valence-corrected chi connectivity index (χ1v) is 12.6. The number of hydrogen-bond donors (Lipinski definition) is 0. The highest BCUT2D eigenvalue weighted by molar-refractivity contribution is 5.20. The molecule has 0 amide bonds. The molecular weight excluding hydrogens is 408 g/mol. The van der Waals surface area contributed by atoms with Crippen molar-refractivity contribution in [3.8, 4) is 5.95 Å². The first-order chi connectivity index (χ1) is 16.3. The van der Waals surface area contributed by atoms with E-state index < -0.39 is 0 Å². The summed E-state index contributed by atoms with van der Waals surface area (Å²) in [6.07, 6.45) is 19.3. The fourth-order valence-corrected chi connectivity index (χ4v) is 5.71. The molecular formula is C27H36N6. The van der Waals surface area contributed by atoms with Crippen LogP contribution >= 0.6 is 0 Å². The summed E-state index contributed by atoms with van der Waals surface area (Å²) in [6.45, 7) is 5.43. The summed E-state index contributed by atoms with van der Waals surface area (Å²) in [6, 6.07) is 11.2. The molecule has 1 aliphatic heterocycles. The monoisotopic (exact) mass is 444 g/mol. The third-order valence-electron chi connectivity index (χ3n) is 7.27. The van der Waals surface area contributed by atoms with Gasteiger partial charge in [-0.05, 0) is 68.0 Å². The van der Waals surface area contributed by atoms with E-state index in [1.165, 1.54) is 69.3 Å². The van der Waals surface area contributed by atoms with Gasteiger partial charge in [-0.25, -0.2) is 9.97 Å². The standard InChI is InChI=1S/C27H36N6/c1-2-10-25(11-3-1)32-16-5-9-24(21-32)20-31(19-23-8-4-13-28-18-23)22-26-12-6-17-33(26)27-29-14-7-15-30-27/h4,6-8,12-15,17-18,24-25H,1-3,5,9-11,16,19-22H2. The third kappa shape index (κ3) is 5.87. The lowest BCUT2D eigenvalue weighted by molar-refractivity contribution is 0.0767. The van der Waals surface area contributed by atoms with E-state index in [4.69, 9.17) is 0 Å². The Kier molecular flexibility index (Phi) is 7.43. The number of nitrogens with zero attached hydrogens (tertiary/aromatic N) is 6. The van der Waals surface area contributed by atoms with E-state index in [1.807, 2.05) is 24.5 Å². The first-order valence-electron chi connectivity index (χ1n) is 12.6. The molecule has 1 aliphatic carbocycles.